The van der Waals surface area contributed by atoms with Crippen LogP contribution < -0.4 is 10.1 Å². The number of nitrogens with zero attached hydrogens (tertiary/aromatic N) is 2. The van der Waals surface area contributed by atoms with E-state index in [1.807, 2.05) is 27.7 Å². The van der Waals surface area contributed by atoms with Crippen molar-refractivity contribution < 1.29 is 22.7 Å². The van der Waals surface area contributed by atoms with Crippen LogP contribution in [0, 0.1) is 6.92 Å². The molecule has 5 nitrogen and oxygen atoms in total. The number of amides is 1. The van der Waals surface area contributed by atoms with Crippen molar-refractivity contribution in [2.75, 3.05) is 11.9 Å². The maximum atomic E-state index is 13.0. The first-order valence-corrected chi connectivity index (χ1v) is 9.38. The Morgan fingerprint density at radius 3 is 2.62 bits per heavy atom. The summed E-state index contributed by atoms with van der Waals surface area (Å²) in [6, 6.07) is 5.15. The molecule has 1 N–H and O–H groups in total. The van der Waals surface area contributed by atoms with E-state index in [9.17, 15) is 18.0 Å². The molecule has 0 bridgehead atoms. The van der Waals surface area contributed by atoms with Crippen LogP contribution in [0.4, 0.5) is 19.0 Å². The number of hydrogen-bond donors (Lipinski definition) is 1. The van der Waals surface area contributed by atoms with Crippen molar-refractivity contribution >= 4 is 17.3 Å². The van der Waals surface area contributed by atoms with Crippen molar-refractivity contribution in [3.8, 4) is 5.75 Å². The standard InChI is InChI=1S/C21H24F3N3O2/c1-13-10-18(27(26-13)20(2,3)4)25-19(28)11-14-6-5-9-29-17-12-15(21(22,23)24)7-8-16(14)17/h7-8,10-12H,5-6,9H2,1-4H3,(H,25,28). The van der Waals surface area contributed by atoms with Gasteiger partial charge in [0.1, 0.15) is 11.6 Å². The third-order valence-electron chi connectivity index (χ3n) is 4.53. The molecule has 1 amide bonds. The number of carbonyl (C=O) groups is 1. The number of ether oxygens (including phenoxy) is 1. The van der Waals surface area contributed by atoms with Crippen LogP contribution in [0.25, 0.3) is 5.57 Å². The zero-order chi connectivity index (χ0) is 21.4. The SMILES string of the molecule is Cc1cc(NC(=O)C=C2CCCOc3cc(C(F)(F)F)ccc32)n(C(C)(C)C)n1. The molecule has 1 aromatic heterocycles. The minimum Gasteiger partial charge on any atom is -0.493 e. The highest BCUT2D eigenvalue weighted by molar-refractivity contribution is 6.04. The van der Waals surface area contributed by atoms with Crippen LogP contribution in [0.2, 0.25) is 0 Å². The van der Waals surface area contributed by atoms with Crippen LogP contribution in [0.3, 0.4) is 0 Å². The molecule has 8 heteroatoms. The smallest absolute Gasteiger partial charge is 0.416 e. The summed E-state index contributed by atoms with van der Waals surface area (Å²) >= 11 is 0. The molecular formula is C21H24F3N3O2. The molecule has 1 aromatic carbocycles. The first-order chi connectivity index (χ1) is 13.4. The summed E-state index contributed by atoms with van der Waals surface area (Å²) in [4.78, 5) is 12.7. The van der Waals surface area contributed by atoms with Crippen LogP contribution in [-0.2, 0) is 16.5 Å². The molecule has 0 aliphatic carbocycles. The molecule has 1 aliphatic heterocycles. The van der Waals surface area contributed by atoms with E-state index in [1.165, 1.54) is 12.1 Å². The van der Waals surface area contributed by atoms with E-state index in [2.05, 4.69) is 10.4 Å². The van der Waals surface area contributed by atoms with Crippen LogP contribution >= 0.6 is 0 Å². The molecular weight excluding hydrogens is 383 g/mol. The summed E-state index contributed by atoms with van der Waals surface area (Å²) in [5, 5.41) is 7.26. The third-order valence-corrected chi connectivity index (χ3v) is 4.53. The maximum Gasteiger partial charge on any atom is 0.416 e. The molecule has 0 saturated carbocycles. The molecule has 2 heterocycles. The summed E-state index contributed by atoms with van der Waals surface area (Å²) in [6.45, 7) is 8.07. The van der Waals surface area contributed by atoms with Crippen molar-refractivity contribution in [1.29, 1.82) is 0 Å². The maximum absolute atomic E-state index is 13.0. The van der Waals surface area contributed by atoms with E-state index < -0.39 is 11.7 Å². The number of benzene rings is 1. The fourth-order valence-corrected chi connectivity index (χ4v) is 3.23. The number of alkyl halides is 3. The Bertz CT molecular complexity index is 953. The lowest BCUT2D eigenvalue weighted by Crippen LogP contribution is -2.26. The van der Waals surface area contributed by atoms with Gasteiger partial charge in [-0.1, -0.05) is 6.07 Å². The number of allylic oxidation sites excluding steroid dienone is 1. The highest BCUT2D eigenvalue weighted by Gasteiger charge is 2.32. The van der Waals surface area contributed by atoms with Crippen molar-refractivity contribution in [3.05, 3.63) is 47.2 Å². The van der Waals surface area contributed by atoms with Gasteiger partial charge in [0.05, 0.1) is 23.4 Å². The average Bonchev–Trinajstić information content (AvgIpc) is 2.85. The largest absolute Gasteiger partial charge is 0.493 e. The van der Waals surface area contributed by atoms with Gasteiger partial charge in [-0.25, -0.2) is 4.68 Å². The van der Waals surface area contributed by atoms with Gasteiger partial charge in [-0.15, -0.1) is 0 Å². The number of rotatable bonds is 2. The zero-order valence-electron chi connectivity index (χ0n) is 16.9. The lowest BCUT2D eigenvalue weighted by molar-refractivity contribution is -0.137. The van der Waals surface area contributed by atoms with Crippen molar-refractivity contribution in [3.63, 3.8) is 0 Å². The number of aromatic nitrogens is 2. The summed E-state index contributed by atoms with van der Waals surface area (Å²) in [7, 11) is 0. The highest BCUT2D eigenvalue weighted by atomic mass is 19.4. The van der Waals surface area contributed by atoms with Gasteiger partial charge in [0.15, 0.2) is 0 Å². The topological polar surface area (TPSA) is 56.1 Å². The van der Waals surface area contributed by atoms with E-state index in [-0.39, 0.29) is 17.2 Å². The Hall–Kier alpha value is -2.77. The molecule has 29 heavy (non-hydrogen) atoms. The lowest BCUT2D eigenvalue weighted by Gasteiger charge is -2.22. The molecule has 0 fully saturated rings. The highest BCUT2D eigenvalue weighted by Crippen LogP contribution is 2.38. The van der Waals surface area contributed by atoms with Crippen LogP contribution in [0.15, 0.2) is 30.3 Å². The number of nitrogens with one attached hydrogen (secondary N) is 1. The third kappa shape index (κ3) is 4.81. The fraction of sp³-hybridized carbons (Fsp3) is 0.429. The van der Waals surface area contributed by atoms with Gasteiger partial charge in [0.2, 0.25) is 5.91 Å². The second-order valence-corrected chi connectivity index (χ2v) is 8.07. The Balaban J connectivity index is 1.91. The molecule has 0 saturated heterocycles. The van der Waals surface area contributed by atoms with Gasteiger partial charge in [0, 0.05) is 17.7 Å². The summed E-state index contributed by atoms with van der Waals surface area (Å²) < 4.78 is 46.2. The Morgan fingerprint density at radius 1 is 1.24 bits per heavy atom. The van der Waals surface area contributed by atoms with Crippen molar-refractivity contribution in [2.45, 2.75) is 52.3 Å². The molecule has 2 aromatic rings. The Labute approximate surface area is 167 Å². The van der Waals surface area contributed by atoms with E-state index in [0.29, 0.717) is 36.4 Å². The van der Waals surface area contributed by atoms with Gasteiger partial charge in [-0.3, -0.25) is 4.79 Å². The molecule has 0 atom stereocenters. The molecule has 0 spiro atoms. The molecule has 3 rings (SSSR count). The summed E-state index contributed by atoms with van der Waals surface area (Å²) in [5.41, 5.74) is 0.830. The van der Waals surface area contributed by atoms with E-state index in [1.54, 1.807) is 10.7 Å². The van der Waals surface area contributed by atoms with Gasteiger partial charge in [0.25, 0.3) is 0 Å². The fourth-order valence-electron chi connectivity index (χ4n) is 3.23. The molecule has 0 unspecified atom stereocenters. The van der Waals surface area contributed by atoms with Crippen molar-refractivity contribution in [2.24, 2.45) is 0 Å². The van der Waals surface area contributed by atoms with Gasteiger partial charge >= 0.3 is 6.18 Å². The van der Waals surface area contributed by atoms with E-state index >= 15 is 0 Å². The average molecular weight is 407 g/mol. The monoisotopic (exact) mass is 407 g/mol. The predicted octanol–water partition coefficient (Wildman–Crippen LogP) is 5.16. The number of carbonyl (C=O) groups excluding carboxylic acids is 1. The van der Waals surface area contributed by atoms with Crippen LogP contribution in [-0.4, -0.2) is 22.3 Å². The first-order valence-electron chi connectivity index (χ1n) is 9.38. The lowest BCUT2D eigenvalue weighted by atomic mass is 9.99. The Kier molecular flexibility index (Phi) is 5.47. The van der Waals surface area contributed by atoms with E-state index in [4.69, 9.17) is 4.74 Å². The number of fused-ring (bicyclic) bond motifs is 1. The van der Waals surface area contributed by atoms with Gasteiger partial charge in [-0.05, 0) is 58.2 Å². The van der Waals surface area contributed by atoms with Crippen LogP contribution in [0.1, 0.15) is 50.4 Å². The second kappa shape index (κ2) is 7.57. The molecule has 0 radical (unpaired) electrons. The van der Waals surface area contributed by atoms with Gasteiger partial charge < -0.3 is 10.1 Å². The second-order valence-electron chi connectivity index (χ2n) is 8.07. The minimum atomic E-state index is -4.45. The predicted molar refractivity (Wildman–Crippen MR) is 105 cm³/mol. The van der Waals surface area contributed by atoms with Crippen molar-refractivity contribution in [1.82, 2.24) is 9.78 Å². The summed E-state index contributed by atoms with van der Waals surface area (Å²) in [6.07, 6.45) is -1.89. The van der Waals surface area contributed by atoms with Gasteiger partial charge in [-0.2, -0.15) is 18.3 Å². The minimum absolute atomic E-state index is 0.145. The first kappa shape index (κ1) is 21.0. The molecule has 156 valence electrons. The summed E-state index contributed by atoms with van der Waals surface area (Å²) in [5.74, 6) is 0.347. The quantitative estimate of drug-likeness (QED) is 0.700. The Morgan fingerprint density at radius 2 is 1.97 bits per heavy atom. The zero-order valence-corrected chi connectivity index (χ0v) is 16.9. The van der Waals surface area contributed by atoms with Crippen LogP contribution in [0.5, 0.6) is 5.75 Å². The number of halogens is 3. The van der Waals surface area contributed by atoms with E-state index in [0.717, 1.165) is 17.8 Å². The number of anilines is 1. The number of hydrogen-bond acceptors (Lipinski definition) is 3. The molecule has 1 aliphatic rings. The normalized spacial score (nSPS) is 16.2. The number of aryl methyl sites for hydroxylation is 1.